The maximum absolute atomic E-state index is 11.7. The molecule has 0 fully saturated rings. The number of hydrogen-bond donors (Lipinski definition) is 0. The summed E-state index contributed by atoms with van der Waals surface area (Å²) in [5, 5.41) is 0. The maximum atomic E-state index is 11.7. The molecular formula is C19H23NO6. The highest BCUT2D eigenvalue weighted by Crippen LogP contribution is 2.16. The molecule has 140 valence electrons. The Hall–Kier alpha value is -3.09. The van der Waals surface area contributed by atoms with Gasteiger partial charge in [-0.1, -0.05) is 13.2 Å². The summed E-state index contributed by atoms with van der Waals surface area (Å²) in [6, 6.07) is 6.78. The van der Waals surface area contributed by atoms with Crippen LogP contribution in [0.1, 0.15) is 17.3 Å². The first-order valence-corrected chi connectivity index (χ1v) is 8.12. The van der Waals surface area contributed by atoms with E-state index in [9.17, 15) is 14.4 Å². The van der Waals surface area contributed by atoms with E-state index in [2.05, 4.69) is 13.2 Å². The van der Waals surface area contributed by atoms with E-state index in [1.807, 2.05) is 4.90 Å². The second-order valence-corrected chi connectivity index (χ2v) is 5.00. The average molecular weight is 361 g/mol. The number of nitrogens with zero attached hydrogens (tertiary/aromatic N) is 1. The molecule has 0 aliphatic heterocycles. The van der Waals surface area contributed by atoms with Crippen molar-refractivity contribution in [2.45, 2.75) is 6.92 Å². The van der Waals surface area contributed by atoms with Crippen molar-refractivity contribution in [1.29, 1.82) is 0 Å². The van der Waals surface area contributed by atoms with Crippen LogP contribution in [0.4, 0.5) is 5.69 Å². The Labute approximate surface area is 152 Å². The van der Waals surface area contributed by atoms with Crippen molar-refractivity contribution < 1.29 is 28.6 Å². The number of anilines is 1. The fourth-order valence-electron chi connectivity index (χ4n) is 2.02. The monoisotopic (exact) mass is 361 g/mol. The van der Waals surface area contributed by atoms with Gasteiger partial charge in [-0.25, -0.2) is 14.4 Å². The van der Waals surface area contributed by atoms with Crippen molar-refractivity contribution >= 4 is 23.6 Å². The predicted octanol–water partition coefficient (Wildman–Crippen LogP) is 2.13. The molecule has 0 heterocycles. The second-order valence-electron chi connectivity index (χ2n) is 5.00. The van der Waals surface area contributed by atoms with Gasteiger partial charge in [-0.15, -0.1) is 0 Å². The van der Waals surface area contributed by atoms with Gasteiger partial charge in [0, 0.05) is 17.8 Å². The molecule has 1 rings (SSSR count). The summed E-state index contributed by atoms with van der Waals surface area (Å²) < 4.78 is 14.9. The van der Waals surface area contributed by atoms with Crippen molar-refractivity contribution in [1.82, 2.24) is 0 Å². The molecule has 0 amide bonds. The Kier molecular flexibility index (Phi) is 9.24. The molecule has 0 radical (unpaired) electrons. The third-order valence-corrected chi connectivity index (χ3v) is 3.29. The third kappa shape index (κ3) is 7.21. The van der Waals surface area contributed by atoms with E-state index in [-0.39, 0.29) is 13.2 Å². The molecule has 0 spiro atoms. The first-order chi connectivity index (χ1) is 12.5. The van der Waals surface area contributed by atoms with Crippen molar-refractivity contribution in [2.24, 2.45) is 0 Å². The van der Waals surface area contributed by atoms with E-state index in [4.69, 9.17) is 14.2 Å². The molecular weight excluding hydrogens is 338 g/mol. The quantitative estimate of drug-likeness (QED) is 0.339. The first-order valence-electron chi connectivity index (χ1n) is 8.12. The standard InChI is InChI=1S/C19H23NO6/c1-4-17(21)25-13-11-20(12-14-26-18(22)5-2)16-9-7-15(8-10-16)19(23)24-6-3/h4-5,7-10H,1-2,6,11-14H2,3H3. The maximum Gasteiger partial charge on any atom is 0.338 e. The molecule has 0 unspecified atom stereocenters. The van der Waals surface area contributed by atoms with Crippen LogP contribution in [0.5, 0.6) is 0 Å². The summed E-state index contributed by atoms with van der Waals surface area (Å²) in [5.41, 5.74) is 1.22. The highest BCUT2D eigenvalue weighted by atomic mass is 16.5. The lowest BCUT2D eigenvalue weighted by atomic mass is 10.2. The third-order valence-electron chi connectivity index (χ3n) is 3.29. The highest BCUT2D eigenvalue weighted by molar-refractivity contribution is 5.89. The van der Waals surface area contributed by atoms with E-state index in [1.54, 1.807) is 31.2 Å². The van der Waals surface area contributed by atoms with Crippen LogP contribution in [0, 0.1) is 0 Å². The summed E-state index contributed by atoms with van der Waals surface area (Å²) >= 11 is 0. The normalized spacial score (nSPS) is 9.73. The smallest absolute Gasteiger partial charge is 0.338 e. The average Bonchev–Trinajstić information content (AvgIpc) is 2.66. The van der Waals surface area contributed by atoms with Gasteiger partial charge < -0.3 is 19.1 Å². The number of carbonyl (C=O) groups is 3. The van der Waals surface area contributed by atoms with E-state index >= 15 is 0 Å². The van der Waals surface area contributed by atoms with Gasteiger partial charge in [0.15, 0.2) is 0 Å². The Morgan fingerprint density at radius 2 is 1.42 bits per heavy atom. The molecule has 7 nitrogen and oxygen atoms in total. The predicted molar refractivity (Wildman–Crippen MR) is 96.9 cm³/mol. The summed E-state index contributed by atoms with van der Waals surface area (Å²) in [4.78, 5) is 35.9. The lowest BCUT2D eigenvalue weighted by Gasteiger charge is -2.24. The molecule has 0 saturated carbocycles. The van der Waals surface area contributed by atoms with E-state index < -0.39 is 17.9 Å². The summed E-state index contributed by atoms with van der Waals surface area (Å²) in [6.07, 6.45) is 2.18. The van der Waals surface area contributed by atoms with Crippen LogP contribution in [-0.4, -0.2) is 50.8 Å². The molecule has 7 heteroatoms. The van der Waals surface area contributed by atoms with Gasteiger partial charge in [0.05, 0.1) is 25.3 Å². The summed E-state index contributed by atoms with van der Waals surface area (Å²) in [7, 11) is 0. The number of carbonyl (C=O) groups excluding carboxylic acids is 3. The zero-order chi connectivity index (χ0) is 19.4. The van der Waals surface area contributed by atoms with Crippen molar-refractivity contribution in [3.63, 3.8) is 0 Å². The van der Waals surface area contributed by atoms with Gasteiger partial charge in [0.25, 0.3) is 0 Å². The van der Waals surface area contributed by atoms with Gasteiger partial charge >= 0.3 is 17.9 Å². The summed E-state index contributed by atoms with van der Waals surface area (Å²) in [5.74, 6) is -1.42. The molecule has 0 saturated heterocycles. The fraction of sp³-hybridized carbons (Fsp3) is 0.316. The van der Waals surface area contributed by atoms with Crippen LogP contribution in [0.25, 0.3) is 0 Å². The minimum atomic E-state index is -0.513. The van der Waals surface area contributed by atoms with Crippen LogP contribution in [-0.2, 0) is 23.8 Å². The van der Waals surface area contributed by atoms with Crippen LogP contribution < -0.4 is 4.90 Å². The fourth-order valence-corrected chi connectivity index (χ4v) is 2.02. The zero-order valence-electron chi connectivity index (χ0n) is 14.8. The largest absolute Gasteiger partial charge is 0.462 e. The minimum Gasteiger partial charge on any atom is -0.462 e. The number of rotatable bonds is 11. The Balaban J connectivity index is 2.76. The van der Waals surface area contributed by atoms with E-state index in [0.29, 0.717) is 25.3 Å². The van der Waals surface area contributed by atoms with Crippen molar-refractivity contribution in [2.75, 3.05) is 37.8 Å². The van der Waals surface area contributed by atoms with E-state index in [1.165, 1.54) is 0 Å². The second kappa shape index (κ2) is 11.5. The SMILES string of the molecule is C=CC(=O)OCCN(CCOC(=O)C=C)c1ccc(C(=O)OCC)cc1. The molecule has 0 N–H and O–H groups in total. The molecule has 0 aromatic heterocycles. The van der Waals surface area contributed by atoms with Gasteiger partial charge in [-0.2, -0.15) is 0 Å². The molecule has 1 aromatic rings. The number of benzene rings is 1. The molecule has 1 aromatic carbocycles. The molecule has 26 heavy (non-hydrogen) atoms. The minimum absolute atomic E-state index is 0.139. The first kappa shape index (κ1) is 21.0. The van der Waals surface area contributed by atoms with Crippen LogP contribution in [0.3, 0.4) is 0 Å². The van der Waals surface area contributed by atoms with Crippen LogP contribution in [0.15, 0.2) is 49.6 Å². The highest BCUT2D eigenvalue weighted by Gasteiger charge is 2.11. The number of hydrogen-bond acceptors (Lipinski definition) is 7. The number of ether oxygens (including phenoxy) is 3. The topological polar surface area (TPSA) is 82.1 Å². The van der Waals surface area contributed by atoms with Gasteiger partial charge in [-0.05, 0) is 31.2 Å². The molecule has 0 aliphatic rings. The van der Waals surface area contributed by atoms with Crippen LogP contribution >= 0.6 is 0 Å². The van der Waals surface area contributed by atoms with Gasteiger partial charge in [0.2, 0.25) is 0 Å². The van der Waals surface area contributed by atoms with Crippen molar-refractivity contribution in [3.05, 3.63) is 55.1 Å². The van der Waals surface area contributed by atoms with Crippen LogP contribution in [0.2, 0.25) is 0 Å². The number of esters is 3. The lowest BCUT2D eigenvalue weighted by Crippen LogP contribution is -2.32. The summed E-state index contributed by atoms with van der Waals surface area (Å²) in [6.45, 7) is 9.75. The molecule has 0 bridgehead atoms. The zero-order valence-corrected chi connectivity index (χ0v) is 14.8. The molecule has 0 atom stereocenters. The van der Waals surface area contributed by atoms with Crippen molar-refractivity contribution in [3.8, 4) is 0 Å². The van der Waals surface area contributed by atoms with Gasteiger partial charge in [0.1, 0.15) is 13.2 Å². The Bertz CT molecular complexity index is 612. The molecule has 0 aliphatic carbocycles. The Morgan fingerprint density at radius 1 is 0.923 bits per heavy atom. The van der Waals surface area contributed by atoms with E-state index in [0.717, 1.165) is 17.8 Å². The van der Waals surface area contributed by atoms with Gasteiger partial charge in [-0.3, -0.25) is 0 Å². The lowest BCUT2D eigenvalue weighted by molar-refractivity contribution is -0.137. The Morgan fingerprint density at radius 3 is 1.85 bits per heavy atom.